The molecule has 0 amide bonds. The molecule has 0 spiro atoms. The predicted molar refractivity (Wildman–Crippen MR) is 99.6 cm³/mol. The second kappa shape index (κ2) is 8.06. The van der Waals surface area contributed by atoms with Crippen LogP contribution in [0, 0.1) is 11.6 Å². The predicted octanol–water partition coefficient (Wildman–Crippen LogP) is 6.37. The van der Waals surface area contributed by atoms with Gasteiger partial charge < -0.3 is 0 Å². The van der Waals surface area contributed by atoms with Gasteiger partial charge in [-0.25, -0.2) is 8.78 Å². The molecule has 0 nitrogen and oxygen atoms in total. The molecule has 0 aromatic heterocycles. The lowest BCUT2D eigenvalue weighted by Crippen LogP contribution is -1.92. The summed E-state index contributed by atoms with van der Waals surface area (Å²) in [7, 11) is 0. The summed E-state index contributed by atoms with van der Waals surface area (Å²) >= 11 is 0. The number of hydrogen-bond acceptors (Lipinski definition) is 0. The van der Waals surface area contributed by atoms with Gasteiger partial charge in [0.15, 0.2) is 11.6 Å². The molecule has 0 N–H and O–H groups in total. The molecular formula is C23H22F2. The average Bonchev–Trinajstić information content (AvgIpc) is 2.64. The number of hydrogen-bond donors (Lipinski definition) is 0. The summed E-state index contributed by atoms with van der Waals surface area (Å²) in [5.41, 5.74) is 5.55. The highest BCUT2D eigenvalue weighted by atomic mass is 19.2. The molecule has 0 heterocycles. The van der Waals surface area contributed by atoms with Crippen LogP contribution < -0.4 is 0 Å². The molecule has 0 saturated carbocycles. The maximum atomic E-state index is 13.4. The van der Waals surface area contributed by atoms with Crippen LogP contribution in [0.3, 0.4) is 0 Å². The van der Waals surface area contributed by atoms with E-state index < -0.39 is 11.6 Å². The van der Waals surface area contributed by atoms with Gasteiger partial charge in [-0.2, -0.15) is 0 Å². The van der Waals surface area contributed by atoms with Gasteiger partial charge in [-0.15, -0.1) is 0 Å². The third-order valence-electron chi connectivity index (χ3n) is 4.47. The van der Waals surface area contributed by atoms with E-state index in [1.165, 1.54) is 35.2 Å². The van der Waals surface area contributed by atoms with Crippen LogP contribution in [0.4, 0.5) is 8.78 Å². The first-order chi connectivity index (χ1) is 12.2. The Bertz CT molecular complexity index is 818. The number of benzene rings is 3. The second-order valence-electron chi connectivity index (χ2n) is 6.39. The summed E-state index contributed by atoms with van der Waals surface area (Å²) in [6.45, 7) is 2.19. The normalized spacial score (nSPS) is 10.8. The maximum Gasteiger partial charge on any atom is 0.159 e. The van der Waals surface area contributed by atoms with Gasteiger partial charge in [-0.3, -0.25) is 0 Å². The first-order valence-corrected chi connectivity index (χ1v) is 8.78. The first-order valence-electron chi connectivity index (χ1n) is 8.78. The highest BCUT2D eigenvalue weighted by molar-refractivity contribution is 5.63. The maximum absolute atomic E-state index is 13.4. The highest BCUT2D eigenvalue weighted by Crippen LogP contribution is 2.22. The lowest BCUT2D eigenvalue weighted by atomic mass is 9.99. The average molecular weight is 336 g/mol. The Hall–Kier alpha value is -2.48. The molecule has 0 fully saturated rings. The summed E-state index contributed by atoms with van der Waals surface area (Å²) < 4.78 is 26.4. The van der Waals surface area contributed by atoms with Crippen LogP contribution in [0.1, 0.15) is 30.0 Å². The molecule has 0 atom stereocenters. The molecule has 3 aromatic carbocycles. The minimum atomic E-state index is -0.815. The summed E-state index contributed by atoms with van der Waals surface area (Å²) in [6, 6.07) is 20.9. The van der Waals surface area contributed by atoms with E-state index in [9.17, 15) is 8.78 Å². The second-order valence-corrected chi connectivity index (χ2v) is 6.39. The largest absolute Gasteiger partial charge is 0.204 e. The van der Waals surface area contributed by atoms with Gasteiger partial charge >= 0.3 is 0 Å². The van der Waals surface area contributed by atoms with Crippen molar-refractivity contribution in [3.63, 3.8) is 0 Å². The van der Waals surface area contributed by atoms with Crippen molar-refractivity contribution in [2.24, 2.45) is 0 Å². The Labute approximate surface area is 148 Å². The smallest absolute Gasteiger partial charge is 0.159 e. The monoisotopic (exact) mass is 336 g/mol. The molecule has 2 heteroatoms. The lowest BCUT2D eigenvalue weighted by molar-refractivity contribution is 0.509. The molecule has 0 bridgehead atoms. The van der Waals surface area contributed by atoms with Crippen LogP contribution in [0.2, 0.25) is 0 Å². The van der Waals surface area contributed by atoms with Crippen molar-refractivity contribution in [3.8, 4) is 11.1 Å². The zero-order chi connectivity index (χ0) is 17.6. The van der Waals surface area contributed by atoms with E-state index in [2.05, 4.69) is 43.3 Å². The Morgan fingerprint density at radius 1 is 0.560 bits per heavy atom. The van der Waals surface area contributed by atoms with Gasteiger partial charge in [0.25, 0.3) is 0 Å². The molecule has 3 rings (SSSR count). The van der Waals surface area contributed by atoms with Gasteiger partial charge in [0.2, 0.25) is 0 Å². The Kier molecular flexibility index (Phi) is 5.60. The summed E-state index contributed by atoms with van der Waals surface area (Å²) in [5, 5.41) is 0. The highest BCUT2D eigenvalue weighted by Gasteiger charge is 2.05. The quantitative estimate of drug-likeness (QED) is 0.490. The molecule has 0 radical (unpaired) electrons. The van der Waals surface area contributed by atoms with E-state index >= 15 is 0 Å². The van der Waals surface area contributed by atoms with Crippen molar-refractivity contribution in [2.45, 2.75) is 32.6 Å². The van der Waals surface area contributed by atoms with E-state index in [1.54, 1.807) is 6.07 Å². The van der Waals surface area contributed by atoms with Crippen LogP contribution in [-0.4, -0.2) is 0 Å². The molecule has 3 aromatic rings. The first kappa shape index (κ1) is 17.3. The van der Waals surface area contributed by atoms with E-state index in [1.807, 2.05) is 12.1 Å². The zero-order valence-corrected chi connectivity index (χ0v) is 14.4. The molecule has 0 aliphatic rings. The third-order valence-corrected chi connectivity index (χ3v) is 4.47. The minimum Gasteiger partial charge on any atom is -0.204 e. The number of aryl methyl sites for hydroxylation is 3. The van der Waals surface area contributed by atoms with E-state index in [0.29, 0.717) is 5.56 Å². The Balaban J connectivity index is 1.63. The Morgan fingerprint density at radius 2 is 1.04 bits per heavy atom. The third kappa shape index (κ3) is 4.54. The minimum absolute atomic E-state index is 0.692. The van der Waals surface area contributed by atoms with E-state index in [0.717, 1.165) is 24.8 Å². The zero-order valence-electron chi connectivity index (χ0n) is 14.4. The molecular weight excluding hydrogens is 314 g/mol. The van der Waals surface area contributed by atoms with Crippen molar-refractivity contribution >= 4 is 0 Å². The van der Waals surface area contributed by atoms with Crippen molar-refractivity contribution < 1.29 is 8.78 Å². The topological polar surface area (TPSA) is 0 Å². The van der Waals surface area contributed by atoms with Gasteiger partial charge in [-0.1, -0.05) is 67.9 Å². The fourth-order valence-electron chi connectivity index (χ4n) is 2.99. The molecule has 0 unspecified atom stereocenters. The van der Waals surface area contributed by atoms with Crippen LogP contribution >= 0.6 is 0 Å². The van der Waals surface area contributed by atoms with Crippen LogP contribution in [-0.2, 0) is 19.3 Å². The van der Waals surface area contributed by atoms with Gasteiger partial charge in [-0.05, 0) is 59.2 Å². The van der Waals surface area contributed by atoms with Crippen molar-refractivity contribution in [1.29, 1.82) is 0 Å². The van der Waals surface area contributed by atoms with Crippen molar-refractivity contribution in [2.75, 3.05) is 0 Å². The SMILES string of the molecule is CCCc1ccc(CCc2ccc(-c3ccc(F)c(F)c3)cc2)cc1. The van der Waals surface area contributed by atoms with Gasteiger partial charge in [0.05, 0.1) is 0 Å². The number of halogens is 2. The molecule has 0 saturated heterocycles. The summed E-state index contributed by atoms with van der Waals surface area (Å²) in [5.74, 6) is -1.63. The van der Waals surface area contributed by atoms with E-state index in [-0.39, 0.29) is 0 Å². The number of rotatable bonds is 6. The lowest BCUT2D eigenvalue weighted by Gasteiger charge is -2.06. The summed E-state index contributed by atoms with van der Waals surface area (Å²) in [4.78, 5) is 0. The van der Waals surface area contributed by atoms with Gasteiger partial charge in [0, 0.05) is 0 Å². The van der Waals surface area contributed by atoms with Crippen LogP contribution in [0.15, 0.2) is 66.7 Å². The molecule has 0 aliphatic heterocycles. The van der Waals surface area contributed by atoms with Crippen molar-refractivity contribution in [1.82, 2.24) is 0 Å². The Morgan fingerprint density at radius 3 is 1.56 bits per heavy atom. The fourth-order valence-corrected chi connectivity index (χ4v) is 2.99. The summed E-state index contributed by atoms with van der Waals surface area (Å²) in [6.07, 6.45) is 4.26. The fraction of sp³-hybridized carbons (Fsp3) is 0.217. The molecule has 25 heavy (non-hydrogen) atoms. The van der Waals surface area contributed by atoms with Crippen LogP contribution in [0.25, 0.3) is 11.1 Å². The molecule has 128 valence electrons. The van der Waals surface area contributed by atoms with Crippen LogP contribution in [0.5, 0.6) is 0 Å². The van der Waals surface area contributed by atoms with Gasteiger partial charge in [0.1, 0.15) is 0 Å². The molecule has 0 aliphatic carbocycles. The van der Waals surface area contributed by atoms with Crippen molar-refractivity contribution in [3.05, 3.63) is 95.1 Å². The standard InChI is InChI=1S/C23H22F2/c1-2-3-17-4-6-18(7-5-17)8-9-19-10-12-20(13-11-19)21-14-15-22(24)23(25)16-21/h4-7,10-16H,2-3,8-9H2,1H3. The van der Waals surface area contributed by atoms with E-state index in [4.69, 9.17) is 0 Å².